The van der Waals surface area contributed by atoms with Gasteiger partial charge in [-0.2, -0.15) is 0 Å². The third-order valence-corrected chi connectivity index (χ3v) is 1.29. The van der Waals surface area contributed by atoms with Gasteiger partial charge in [0.05, 0.1) is 0 Å². The Morgan fingerprint density at radius 3 is 2.00 bits per heavy atom. The second-order valence-electron chi connectivity index (χ2n) is 2.12. The Bertz CT molecular complexity index is 219. The van der Waals surface area contributed by atoms with Crippen LogP contribution in [-0.2, 0) is 0 Å². The maximum Gasteiger partial charge on any atom is 0.0345 e. The molecule has 0 saturated heterocycles. The zero-order valence-electron chi connectivity index (χ0n) is 7.39. The minimum Gasteiger partial charge on any atom is -0.399 e. The largest absolute Gasteiger partial charge is 0.399 e. The molecule has 0 unspecified atom stereocenters. The number of benzene rings is 1. The summed E-state index contributed by atoms with van der Waals surface area (Å²) in [7, 11) is 0. The van der Waals surface area contributed by atoms with Gasteiger partial charge in [0.2, 0.25) is 0 Å². The second kappa shape index (κ2) is 4.61. The lowest BCUT2D eigenvalue weighted by molar-refractivity contribution is 1.47. The third-order valence-electron chi connectivity index (χ3n) is 1.29. The first-order chi connectivity index (χ1) is 5.20. The lowest BCUT2D eigenvalue weighted by Gasteiger charge is -1.98. The van der Waals surface area contributed by atoms with E-state index in [2.05, 4.69) is 0 Å². The van der Waals surface area contributed by atoms with Gasteiger partial charge < -0.3 is 11.5 Å². The highest BCUT2D eigenvalue weighted by atomic mass is 14.6. The Kier molecular flexibility index (Phi) is 4.11. The lowest BCUT2D eigenvalue weighted by Crippen LogP contribution is -1.91. The van der Waals surface area contributed by atoms with Gasteiger partial charge in [0.1, 0.15) is 0 Å². The van der Waals surface area contributed by atoms with Crippen LogP contribution in [0.15, 0.2) is 18.2 Å². The molecule has 2 heteroatoms. The molecule has 0 bridgehead atoms. The molecule has 62 valence electrons. The number of hydrogen-bond acceptors (Lipinski definition) is 2. The van der Waals surface area contributed by atoms with Gasteiger partial charge in [-0.05, 0) is 30.7 Å². The zero-order valence-corrected chi connectivity index (χ0v) is 7.39. The standard InChI is InChI=1S/C7H10N2.C2H6/c1-5-4-6(8)2-3-7(5)9;1-2/h2-4H,8-9H2,1H3;1-2H3. The fraction of sp³-hybridized carbons (Fsp3) is 0.333. The molecule has 1 aromatic carbocycles. The predicted octanol–water partition coefficient (Wildman–Crippen LogP) is 2.19. The highest BCUT2D eigenvalue weighted by Crippen LogP contribution is 2.12. The predicted molar refractivity (Wildman–Crippen MR) is 51.4 cm³/mol. The molecule has 2 nitrogen and oxygen atoms in total. The fourth-order valence-corrected chi connectivity index (χ4v) is 0.699. The van der Waals surface area contributed by atoms with Crippen molar-refractivity contribution in [3.05, 3.63) is 23.8 Å². The van der Waals surface area contributed by atoms with Crippen molar-refractivity contribution >= 4 is 11.4 Å². The number of rotatable bonds is 0. The highest BCUT2D eigenvalue weighted by molar-refractivity contribution is 5.54. The van der Waals surface area contributed by atoms with Crippen molar-refractivity contribution in [2.24, 2.45) is 0 Å². The maximum atomic E-state index is 5.53. The van der Waals surface area contributed by atoms with Crippen LogP contribution in [0.1, 0.15) is 19.4 Å². The molecule has 0 aromatic heterocycles. The lowest BCUT2D eigenvalue weighted by atomic mass is 10.2. The summed E-state index contributed by atoms with van der Waals surface area (Å²) in [5.74, 6) is 0. The summed E-state index contributed by atoms with van der Waals surface area (Å²) in [6, 6.07) is 5.46. The Hall–Kier alpha value is -1.18. The van der Waals surface area contributed by atoms with E-state index in [0.717, 1.165) is 16.9 Å². The SMILES string of the molecule is CC.Cc1cc(N)ccc1N. The Balaban J connectivity index is 0.000000461. The van der Waals surface area contributed by atoms with E-state index in [1.165, 1.54) is 0 Å². The molecule has 1 rings (SSSR count). The molecule has 0 aliphatic carbocycles. The smallest absolute Gasteiger partial charge is 0.0345 e. The number of hydrogen-bond donors (Lipinski definition) is 2. The average Bonchev–Trinajstić information content (AvgIpc) is 2.02. The third kappa shape index (κ3) is 2.94. The summed E-state index contributed by atoms with van der Waals surface area (Å²) in [6.07, 6.45) is 0. The second-order valence-corrected chi connectivity index (χ2v) is 2.12. The van der Waals surface area contributed by atoms with Gasteiger partial charge >= 0.3 is 0 Å². The quantitative estimate of drug-likeness (QED) is 0.560. The molecule has 0 heterocycles. The van der Waals surface area contributed by atoms with E-state index in [9.17, 15) is 0 Å². The first kappa shape index (κ1) is 9.82. The maximum absolute atomic E-state index is 5.53. The van der Waals surface area contributed by atoms with E-state index in [0.29, 0.717) is 0 Å². The molecule has 11 heavy (non-hydrogen) atoms. The van der Waals surface area contributed by atoms with Gasteiger partial charge in [-0.15, -0.1) is 0 Å². The first-order valence-electron chi connectivity index (χ1n) is 3.82. The van der Waals surface area contributed by atoms with Crippen LogP contribution in [0.3, 0.4) is 0 Å². The van der Waals surface area contributed by atoms with Crippen molar-refractivity contribution in [2.45, 2.75) is 20.8 Å². The van der Waals surface area contributed by atoms with Crippen LogP contribution >= 0.6 is 0 Å². The molecule has 4 N–H and O–H groups in total. The van der Waals surface area contributed by atoms with E-state index < -0.39 is 0 Å². The summed E-state index contributed by atoms with van der Waals surface area (Å²) in [6.45, 7) is 5.94. The summed E-state index contributed by atoms with van der Waals surface area (Å²) < 4.78 is 0. The van der Waals surface area contributed by atoms with Gasteiger partial charge in [0.15, 0.2) is 0 Å². The number of nitrogen functional groups attached to an aromatic ring is 2. The molecule has 0 atom stereocenters. The van der Waals surface area contributed by atoms with Crippen LogP contribution < -0.4 is 11.5 Å². The Morgan fingerprint density at radius 1 is 1.09 bits per heavy atom. The van der Waals surface area contributed by atoms with Gasteiger partial charge in [-0.3, -0.25) is 0 Å². The van der Waals surface area contributed by atoms with E-state index in [-0.39, 0.29) is 0 Å². The zero-order chi connectivity index (χ0) is 8.85. The molecule has 0 aliphatic heterocycles. The van der Waals surface area contributed by atoms with Crippen LogP contribution in [0.5, 0.6) is 0 Å². The van der Waals surface area contributed by atoms with Crippen molar-refractivity contribution in [3.8, 4) is 0 Å². The van der Waals surface area contributed by atoms with Gasteiger partial charge in [0, 0.05) is 11.4 Å². The topological polar surface area (TPSA) is 52.0 Å². The average molecular weight is 152 g/mol. The molecule has 0 fully saturated rings. The van der Waals surface area contributed by atoms with Crippen molar-refractivity contribution in [2.75, 3.05) is 11.5 Å². The van der Waals surface area contributed by atoms with E-state index in [4.69, 9.17) is 11.5 Å². The van der Waals surface area contributed by atoms with Crippen LogP contribution in [0.4, 0.5) is 11.4 Å². The minimum atomic E-state index is 0.765. The fourth-order valence-electron chi connectivity index (χ4n) is 0.699. The minimum absolute atomic E-state index is 0.765. The van der Waals surface area contributed by atoms with Gasteiger partial charge in [0.25, 0.3) is 0 Å². The number of aryl methyl sites for hydroxylation is 1. The number of anilines is 2. The molecule has 0 spiro atoms. The monoisotopic (exact) mass is 152 g/mol. The Labute approximate surface area is 68.2 Å². The molecule has 0 radical (unpaired) electrons. The van der Waals surface area contributed by atoms with Crippen molar-refractivity contribution in [1.29, 1.82) is 0 Å². The molecular formula is C9H16N2. The van der Waals surface area contributed by atoms with Crippen molar-refractivity contribution in [1.82, 2.24) is 0 Å². The van der Waals surface area contributed by atoms with Gasteiger partial charge in [-0.1, -0.05) is 13.8 Å². The normalized spacial score (nSPS) is 8.27. The van der Waals surface area contributed by atoms with Crippen LogP contribution in [0.25, 0.3) is 0 Å². The first-order valence-corrected chi connectivity index (χ1v) is 3.82. The van der Waals surface area contributed by atoms with Crippen molar-refractivity contribution in [3.63, 3.8) is 0 Å². The van der Waals surface area contributed by atoms with Crippen molar-refractivity contribution < 1.29 is 0 Å². The molecule has 0 amide bonds. The van der Waals surface area contributed by atoms with E-state index in [1.54, 1.807) is 6.07 Å². The van der Waals surface area contributed by atoms with Crippen LogP contribution in [-0.4, -0.2) is 0 Å². The summed E-state index contributed by atoms with van der Waals surface area (Å²) in [5, 5.41) is 0. The summed E-state index contributed by atoms with van der Waals surface area (Å²) in [4.78, 5) is 0. The summed E-state index contributed by atoms with van der Waals surface area (Å²) in [5.41, 5.74) is 13.6. The van der Waals surface area contributed by atoms with Crippen LogP contribution in [0.2, 0.25) is 0 Å². The van der Waals surface area contributed by atoms with Crippen LogP contribution in [0, 0.1) is 6.92 Å². The molecular weight excluding hydrogens is 136 g/mol. The molecule has 0 aliphatic rings. The molecule has 1 aromatic rings. The van der Waals surface area contributed by atoms with E-state index >= 15 is 0 Å². The van der Waals surface area contributed by atoms with E-state index in [1.807, 2.05) is 32.9 Å². The Morgan fingerprint density at radius 2 is 1.64 bits per heavy atom. The highest BCUT2D eigenvalue weighted by Gasteiger charge is 1.90. The summed E-state index contributed by atoms with van der Waals surface area (Å²) >= 11 is 0. The number of nitrogens with two attached hydrogens (primary N) is 2. The van der Waals surface area contributed by atoms with Gasteiger partial charge in [-0.25, -0.2) is 0 Å². The molecule has 0 saturated carbocycles.